The maximum absolute atomic E-state index is 12.4. The zero-order valence-electron chi connectivity index (χ0n) is 12.8. The third-order valence-corrected chi connectivity index (χ3v) is 3.26. The third kappa shape index (κ3) is 4.46. The summed E-state index contributed by atoms with van der Waals surface area (Å²) in [5.41, 5.74) is -1.01. The highest BCUT2D eigenvalue weighted by atomic mass is 35.5. The number of aromatic nitrogens is 3. The predicted octanol–water partition coefficient (Wildman–Crippen LogP) is 2.29. The highest BCUT2D eigenvalue weighted by Crippen LogP contribution is 2.22. The van der Waals surface area contributed by atoms with E-state index in [1.54, 1.807) is 49.1 Å². The van der Waals surface area contributed by atoms with Crippen LogP contribution in [0.4, 0.5) is 0 Å². The Morgan fingerprint density at radius 1 is 1.50 bits per heavy atom. The molecule has 0 aliphatic heterocycles. The summed E-state index contributed by atoms with van der Waals surface area (Å²) in [7, 11) is 0. The fourth-order valence-electron chi connectivity index (χ4n) is 1.92. The summed E-state index contributed by atoms with van der Waals surface area (Å²) in [5, 5.41) is 7.48. The monoisotopic (exact) mass is 322 g/mol. The van der Waals surface area contributed by atoms with Crippen molar-refractivity contribution < 1.29 is 9.53 Å². The van der Waals surface area contributed by atoms with Gasteiger partial charge in [0.2, 0.25) is 0 Å². The highest BCUT2D eigenvalue weighted by Gasteiger charge is 2.31. The summed E-state index contributed by atoms with van der Waals surface area (Å²) in [6, 6.07) is 6.87. The molecule has 0 saturated carbocycles. The van der Waals surface area contributed by atoms with Crippen LogP contribution in [0, 0.1) is 0 Å². The Hall–Kier alpha value is -2.08. The van der Waals surface area contributed by atoms with Gasteiger partial charge in [0.1, 0.15) is 18.4 Å². The second kappa shape index (κ2) is 6.79. The topological polar surface area (TPSA) is 69.0 Å². The molecule has 1 atom stereocenters. The molecule has 7 heteroatoms. The first-order valence-corrected chi connectivity index (χ1v) is 7.32. The molecular formula is C15H19ClN4O2. The van der Waals surface area contributed by atoms with Crippen LogP contribution in [0.25, 0.3) is 0 Å². The second-order valence-electron chi connectivity index (χ2n) is 5.56. The zero-order valence-corrected chi connectivity index (χ0v) is 13.5. The Labute approximate surface area is 134 Å². The number of ether oxygens (including phenoxy) is 1. The van der Waals surface area contributed by atoms with Gasteiger partial charge in [0.25, 0.3) is 5.91 Å². The van der Waals surface area contributed by atoms with E-state index in [4.69, 9.17) is 16.3 Å². The van der Waals surface area contributed by atoms with Gasteiger partial charge in [-0.15, -0.1) is 0 Å². The molecule has 0 aliphatic carbocycles. The first-order valence-electron chi connectivity index (χ1n) is 6.95. The van der Waals surface area contributed by atoms with Gasteiger partial charge in [0.05, 0.1) is 6.54 Å². The van der Waals surface area contributed by atoms with Crippen LogP contribution in [0.5, 0.6) is 5.75 Å². The minimum atomic E-state index is -1.01. The van der Waals surface area contributed by atoms with Gasteiger partial charge in [-0.1, -0.05) is 17.7 Å². The molecule has 0 unspecified atom stereocenters. The summed E-state index contributed by atoms with van der Waals surface area (Å²) in [5.74, 6) is 0.344. The van der Waals surface area contributed by atoms with Crippen molar-refractivity contribution in [2.45, 2.75) is 39.0 Å². The van der Waals surface area contributed by atoms with Crippen LogP contribution in [0.1, 0.15) is 20.8 Å². The van der Waals surface area contributed by atoms with Gasteiger partial charge in [-0.3, -0.25) is 9.48 Å². The van der Waals surface area contributed by atoms with Crippen LogP contribution in [0.2, 0.25) is 5.02 Å². The molecule has 0 spiro atoms. The highest BCUT2D eigenvalue weighted by molar-refractivity contribution is 6.30. The number of benzene rings is 1. The number of carbonyl (C=O) groups excluding carboxylic acids is 1. The van der Waals surface area contributed by atoms with Crippen LogP contribution >= 0.6 is 11.6 Å². The molecule has 118 valence electrons. The van der Waals surface area contributed by atoms with E-state index in [2.05, 4.69) is 15.4 Å². The molecule has 22 heavy (non-hydrogen) atoms. The van der Waals surface area contributed by atoms with Crippen molar-refractivity contribution in [3.63, 3.8) is 0 Å². The Morgan fingerprint density at radius 3 is 2.91 bits per heavy atom. The average molecular weight is 323 g/mol. The molecule has 1 amide bonds. The fraction of sp³-hybridized carbons (Fsp3) is 0.400. The summed E-state index contributed by atoms with van der Waals surface area (Å²) in [4.78, 5) is 16.2. The summed E-state index contributed by atoms with van der Waals surface area (Å²) in [6.45, 7) is 5.87. The fourth-order valence-corrected chi connectivity index (χ4v) is 2.10. The number of amides is 1. The molecule has 2 aromatic rings. The third-order valence-electron chi connectivity index (χ3n) is 3.02. The van der Waals surface area contributed by atoms with E-state index < -0.39 is 5.60 Å². The van der Waals surface area contributed by atoms with Crippen molar-refractivity contribution in [2.24, 2.45) is 0 Å². The van der Waals surface area contributed by atoms with E-state index in [1.807, 2.05) is 6.92 Å². The van der Waals surface area contributed by atoms with Gasteiger partial charge in [-0.05, 0) is 39.0 Å². The van der Waals surface area contributed by atoms with E-state index in [0.717, 1.165) is 0 Å². The molecule has 2 rings (SSSR count). The Bertz CT molecular complexity index is 628. The lowest BCUT2D eigenvalue weighted by Crippen LogP contribution is -2.50. The number of nitrogens with zero attached hydrogens (tertiary/aromatic N) is 3. The van der Waals surface area contributed by atoms with E-state index in [1.165, 1.54) is 6.33 Å². The van der Waals surface area contributed by atoms with Crippen molar-refractivity contribution in [2.75, 3.05) is 0 Å². The van der Waals surface area contributed by atoms with E-state index >= 15 is 0 Å². The number of hydrogen-bond acceptors (Lipinski definition) is 4. The van der Waals surface area contributed by atoms with Gasteiger partial charge in [0, 0.05) is 11.1 Å². The predicted molar refractivity (Wildman–Crippen MR) is 83.8 cm³/mol. The quantitative estimate of drug-likeness (QED) is 0.886. The lowest BCUT2D eigenvalue weighted by atomic mass is 10.1. The molecule has 1 aromatic carbocycles. The molecule has 0 aliphatic rings. The summed E-state index contributed by atoms with van der Waals surface area (Å²) < 4.78 is 7.41. The molecule has 6 nitrogen and oxygen atoms in total. The maximum Gasteiger partial charge on any atom is 0.263 e. The summed E-state index contributed by atoms with van der Waals surface area (Å²) in [6.07, 6.45) is 3.07. The average Bonchev–Trinajstić information content (AvgIpc) is 2.90. The zero-order chi connectivity index (χ0) is 16.2. The van der Waals surface area contributed by atoms with Crippen molar-refractivity contribution in [1.29, 1.82) is 0 Å². The van der Waals surface area contributed by atoms with Crippen molar-refractivity contribution in [1.82, 2.24) is 20.1 Å². The SMILES string of the molecule is C[C@@H](Cn1cncn1)NC(=O)C(C)(C)Oc1cccc(Cl)c1. The molecule has 0 saturated heterocycles. The molecule has 1 heterocycles. The standard InChI is InChI=1S/C15H19ClN4O2/c1-11(8-20-10-17-9-18-20)19-14(21)15(2,3)22-13-6-4-5-12(16)7-13/h4-7,9-11H,8H2,1-3H3,(H,19,21)/t11-/m0/s1. The minimum Gasteiger partial charge on any atom is -0.478 e. The van der Waals surface area contributed by atoms with Gasteiger partial charge in [-0.25, -0.2) is 4.98 Å². The van der Waals surface area contributed by atoms with Gasteiger partial charge < -0.3 is 10.1 Å². The number of rotatable bonds is 6. The maximum atomic E-state index is 12.4. The Morgan fingerprint density at radius 2 is 2.27 bits per heavy atom. The number of nitrogens with one attached hydrogen (secondary N) is 1. The molecular weight excluding hydrogens is 304 g/mol. The Balaban J connectivity index is 1.94. The first kappa shape index (κ1) is 16.3. The van der Waals surface area contributed by atoms with Crippen molar-refractivity contribution >= 4 is 17.5 Å². The van der Waals surface area contributed by atoms with Crippen molar-refractivity contribution in [3.8, 4) is 5.75 Å². The first-order chi connectivity index (χ1) is 10.4. The molecule has 1 N–H and O–H groups in total. The van der Waals surface area contributed by atoms with Gasteiger partial charge in [0.15, 0.2) is 5.60 Å². The minimum absolute atomic E-state index is 0.101. The van der Waals surface area contributed by atoms with E-state index in [9.17, 15) is 4.79 Å². The van der Waals surface area contributed by atoms with Crippen LogP contribution in [-0.2, 0) is 11.3 Å². The lowest BCUT2D eigenvalue weighted by Gasteiger charge is -2.27. The second-order valence-corrected chi connectivity index (χ2v) is 6.00. The number of carbonyl (C=O) groups is 1. The van der Waals surface area contributed by atoms with Crippen LogP contribution in [0.3, 0.4) is 0 Å². The lowest BCUT2D eigenvalue weighted by molar-refractivity contribution is -0.134. The number of halogens is 1. The van der Waals surface area contributed by atoms with Gasteiger partial charge >= 0.3 is 0 Å². The van der Waals surface area contributed by atoms with E-state index in [0.29, 0.717) is 17.3 Å². The molecule has 0 radical (unpaired) electrons. The normalized spacial score (nSPS) is 12.7. The van der Waals surface area contributed by atoms with Crippen LogP contribution in [0.15, 0.2) is 36.9 Å². The van der Waals surface area contributed by atoms with Gasteiger partial charge in [-0.2, -0.15) is 5.10 Å². The summed E-state index contributed by atoms with van der Waals surface area (Å²) >= 11 is 5.92. The van der Waals surface area contributed by atoms with E-state index in [-0.39, 0.29) is 11.9 Å². The van der Waals surface area contributed by atoms with Crippen LogP contribution < -0.4 is 10.1 Å². The van der Waals surface area contributed by atoms with Crippen LogP contribution in [-0.4, -0.2) is 32.3 Å². The number of hydrogen-bond donors (Lipinski definition) is 1. The Kier molecular flexibility index (Phi) is 5.03. The largest absolute Gasteiger partial charge is 0.478 e. The smallest absolute Gasteiger partial charge is 0.263 e. The molecule has 0 fully saturated rings. The molecule has 0 bridgehead atoms. The van der Waals surface area contributed by atoms with Crippen molar-refractivity contribution in [3.05, 3.63) is 41.9 Å². The molecule has 1 aromatic heterocycles.